The van der Waals surface area contributed by atoms with Crippen molar-refractivity contribution in [3.8, 4) is 0 Å². The monoisotopic (exact) mass is 180 g/mol. The van der Waals surface area contributed by atoms with Gasteiger partial charge in [0.1, 0.15) is 4.21 Å². The predicted molar refractivity (Wildman–Crippen MR) is 43.3 cm³/mol. The zero-order valence-corrected chi connectivity index (χ0v) is 7.11. The molecule has 0 unspecified atom stereocenters. The minimum absolute atomic E-state index is 0.519. The molecule has 0 saturated heterocycles. The molecular weight excluding hydrogens is 176 g/mol. The molecule has 0 amide bonds. The van der Waals surface area contributed by atoms with Crippen molar-refractivity contribution in [1.82, 2.24) is 4.98 Å². The number of nitrogens with two attached hydrogens (primary N) is 1. The highest BCUT2D eigenvalue weighted by molar-refractivity contribution is 8.00. The maximum Gasteiger partial charge on any atom is 0.182 e. The van der Waals surface area contributed by atoms with Crippen molar-refractivity contribution >= 4 is 39.8 Å². The molecule has 0 aromatic carbocycles. The first kappa shape index (κ1) is 7.18. The second-order valence-corrected chi connectivity index (χ2v) is 3.80. The van der Waals surface area contributed by atoms with Crippen LogP contribution in [0, 0.1) is 0 Å². The summed E-state index contributed by atoms with van der Waals surface area (Å²) in [6.07, 6.45) is 1.94. The highest BCUT2D eigenvalue weighted by Gasteiger charge is 2.03. The number of halogens is 1. The quantitative estimate of drug-likeness (QED) is 0.673. The van der Waals surface area contributed by atoms with Gasteiger partial charge in [0.2, 0.25) is 0 Å². The van der Waals surface area contributed by atoms with E-state index in [1.807, 2.05) is 6.26 Å². The lowest BCUT2D eigenvalue weighted by Crippen LogP contribution is -1.78. The van der Waals surface area contributed by atoms with Crippen LogP contribution in [0.4, 0.5) is 5.13 Å². The third kappa shape index (κ3) is 1.50. The average Bonchev–Trinajstić information content (AvgIpc) is 2.10. The normalized spacial score (nSPS) is 10.0. The Labute approximate surface area is 66.4 Å². The van der Waals surface area contributed by atoms with Crippen LogP contribution in [0.25, 0.3) is 0 Å². The molecule has 0 spiro atoms. The molecule has 50 valence electrons. The summed E-state index contributed by atoms with van der Waals surface area (Å²) in [4.78, 5) is 3.82. The van der Waals surface area contributed by atoms with Gasteiger partial charge < -0.3 is 5.73 Å². The van der Waals surface area contributed by atoms with Crippen molar-refractivity contribution in [2.24, 2.45) is 0 Å². The minimum atomic E-state index is 0.519. The van der Waals surface area contributed by atoms with Gasteiger partial charge in [0, 0.05) is 0 Å². The molecule has 1 aromatic heterocycles. The van der Waals surface area contributed by atoms with Gasteiger partial charge in [-0.1, -0.05) is 22.9 Å². The molecule has 0 radical (unpaired) electrons. The molecule has 2 nitrogen and oxygen atoms in total. The van der Waals surface area contributed by atoms with Crippen molar-refractivity contribution in [2.75, 3.05) is 12.0 Å². The van der Waals surface area contributed by atoms with E-state index in [2.05, 4.69) is 4.98 Å². The Hall–Kier alpha value is 0.0700. The first-order valence-electron chi connectivity index (χ1n) is 2.20. The summed E-state index contributed by atoms with van der Waals surface area (Å²) in [6, 6.07) is 0. The van der Waals surface area contributed by atoms with Crippen LogP contribution in [0.1, 0.15) is 0 Å². The lowest BCUT2D eigenvalue weighted by atomic mass is 11.0. The van der Waals surface area contributed by atoms with Crippen LogP contribution in [0.2, 0.25) is 5.15 Å². The number of rotatable bonds is 1. The van der Waals surface area contributed by atoms with Crippen molar-refractivity contribution in [3.63, 3.8) is 0 Å². The maximum atomic E-state index is 5.64. The van der Waals surface area contributed by atoms with Crippen LogP contribution in [0.3, 0.4) is 0 Å². The van der Waals surface area contributed by atoms with Gasteiger partial charge in [-0.15, -0.1) is 11.8 Å². The molecule has 2 N–H and O–H groups in total. The maximum absolute atomic E-state index is 5.64. The van der Waals surface area contributed by atoms with Gasteiger partial charge in [-0.25, -0.2) is 4.98 Å². The van der Waals surface area contributed by atoms with Gasteiger partial charge in [0.15, 0.2) is 10.3 Å². The van der Waals surface area contributed by atoms with Gasteiger partial charge >= 0.3 is 0 Å². The van der Waals surface area contributed by atoms with E-state index in [-0.39, 0.29) is 0 Å². The number of thioether (sulfide) groups is 1. The minimum Gasteiger partial charge on any atom is -0.375 e. The van der Waals surface area contributed by atoms with Crippen LogP contribution in [-0.4, -0.2) is 11.2 Å². The summed E-state index contributed by atoms with van der Waals surface area (Å²) in [6.45, 7) is 0. The van der Waals surface area contributed by atoms with E-state index in [1.165, 1.54) is 11.3 Å². The third-order valence-electron chi connectivity index (χ3n) is 0.759. The largest absolute Gasteiger partial charge is 0.375 e. The number of aromatic nitrogens is 1. The van der Waals surface area contributed by atoms with Gasteiger partial charge in [0.05, 0.1) is 0 Å². The smallest absolute Gasteiger partial charge is 0.182 e. The number of thiazole rings is 1. The van der Waals surface area contributed by atoms with E-state index in [0.717, 1.165) is 4.21 Å². The Morgan fingerprint density at radius 2 is 2.44 bits per heavy atom. The number of nitrogens with zero attached hydrogens (tertiary/aromatic N) is 1. The van der Waals surface area contributed by atoms with Gasteiger partial charge in [-0.2, -0.15) is 0 Å². The topological polar surface area (TPSA) is 38.9 Å². The number of nitrogen functional groups attached to an aromatic ring is 1. The second kappa shape index (κ2) is 2.77. The molecule has 0 aliphatic carbocycles. The van der Waals surface area contributed by atoms with Gasteiger partial charge in [0.25, 0.3) is 0 Å². The highest BCUT2D eigenvalue weighted by atomic mass is 35.5. The Kier molecular flexibility index (Phi) is 2.21. The first-order valence-corrected chi connectivity index (χ1v) is 4.61. The predicted octanol–water partition coefficient (Wildman–Crippen LogP) is 2.10. The lowest BCUT2D eigenvalue weighted by Gasteiger charge is -1.82. The zero-order chi connectivity index (χ0) is 6.85. The molecule has 1 aromatic rings. The number of hydrogen-bond acceptors (Lipinski definition) is 4. The van der Waals surface area contributed by atoms with Crippen LogP contribution in [-0.2, 0) is 0 Å². The summed E-state index contributed by atoms with van der Waals surface area (Å²) in [5.74, 6) is 0. The molecule has 0 aliphatic rings. The Morgan fingerprint density at radius 1 is 1.78 bits per heavy atom. The molecule has 0 bridgehead atoms. The Balaban J connectivity index is 3.01. The van der Waals surface area contributed by atoms with Crippen LogP contribution in [0.5, 0.6) is 0 Å². The SMILES string of the molecule is CSc1sc(N)nc1Cl. The van der Waals surface area contributed by atoms with Crippen molar-refractivity contribution in [1.29, 1.82) is 0 Å². The summed E-state index contributed by atoms with van der Waals surface area (Å²) in [5, 5.41) is 1.05. The third-order valence-corrected chi connectivity index (χ3v) is 3.25. The molecule has 9 heavy (non-hydrogen) atoms. The van der Waals surface area contributed by atoms with Crippen molar-refractivity contribution < 1.29 is 0 Å². The summed E-state index contributed by atoms with van der Waals surface area (Å²) in [5.41, 5.74) is 5.36. The molecule has 0 aliphatic heterocycles. The molecule has 0 fully saturated rings. The fourth-order valence-electron chi connectivity index (χ4n) is 0.428. The summed E-state index contributed by atoms with van der Waals surface area (Å²) >= 11 is 8.62. The van der Waals surface area contributed by atoms with Crippen molar-refractivity contribution in [3.05, 3.63) is 5.15 Å². The zero-order valence-electron chi connectivity index (χ0n) is 4.72. The van der Waals surface area contributed by atoms with E-state index < -0.39 is 0 Å². The van der Waals surface area contributed by atoms with Gasteiger partial charge in [-0.3, -0.25) is 0 Å². The van der Waals surface area contributed by atoms with E-state index in [4.69, 9.17) is 17.3 Å². The molecule has 5 heteroatoms. The lowest BCUT2D eigenvalue weighted by molar-refractivity contribution is 1.38. The Bertz CT molecular complexity index is 210. The fraction of sp³-hybridized carbons (Fsp3) is 0.250. The molecule has 1 heterocycles. The van der Waals surface area contributed by atoms with Crippen LogP contribution < -0.4 is 5.73 Å². The molecule has 0 atom stereocenters. The number of hydrogen-bond donors (Lipinski definition) is 1. The van der Waals surface area contributed by atoms with Crippen LogP contribution >= 0.6 is 34.7 Å². The van der Waals surface area contributed by atoms with E-state index in [1.54, 1.807) is 11.8 Å². The Morgan fingerprint density at radius 3 is 2.67 bits per heavy atom. The van der Waals surface area contributed by atoms with Gasteiger partial charge in [-0.05, 0) is 6.26 Å². The standard InChI is InChI=1S/C4H5ClN2S2/c1-8-3-2(5)7-4(6)9-3/h1H3,(H2,6,7). The van der Waals surface area contributed by atoms with E-state index in [0.29, 0.717) is 10.3 Å². The summed E-state index contributed by atoms with van der Waals surface area (Å²) < 4.78 is 0.981. The molecular formula is C4H5ClN2S2. The average molecular weight is 181 g/mol. The van der Waals surface area contributed by atoms with Crippen molar-refractivity contribution in [2.45, 2.75) is 4.21 Å². The second-order valence-electron chi connectivity index (χ2n) is 1.33. The first-order chi connectivity index (χ1) is 4.24. The van der Waals surface area contributed by atoms with E-state index >= 15 is 0 Å². The highest BCUT2D eigenvalue weighted by Crippen LogP contribution is 2.32. The number of anilines is 1. The fourth-order valence-corrected chi connectivity index (χ4v) is 2.18. The summed E-state index contributed by atoms with van der Waals surface area (Å²) in [7, 11) is 0. The molecule has 1 rings (SSSR count). The molecule has 0 saturated carbocycles. The van der Waals surface area contributed by atoms with E-state index in [9.17, 15) is 0 Å². The van der Waals surface area contributed by atoms with Crippen LogP contribution in [0.15, 0.2) is 4.21 Å².